The van der Waals surface area contributed by atoms with Crippen molar-refractivity contribution in [2.75, 3.05) is 20.3 Å². The molecular weight excluding hydrogens is 368 g/mol. The lowest BCUT2D eigenvalue weighted by molar-refractivity contribution is 0.171. The highest BCUT2D eigenvalue weighted by atomic mass is 28.4. The molecular formula is C23H30O4Si. The van der Waals surface area contributed by atoms with Crippen molar-refractivity contribution < 1.29 is 18.6 Å². The highest BCUT2D eigenvalue weighted by molar-refractivity contribution is 6.74. The van der Waals surface area contributed by atoms with Crippen LogP contribution in [-0.4, -0.2) is 28.6 Å². The fourth-order valence-corrected chi connectivity index (χ4v) is 3.68. The van der Waals surface area contributed by atoms with E-state index in [1.54, 1.807) is 7.11 Å². The molecule has 0 radical (unpaired) electrons. The van der Waals surface area contributed by atoms with Crippen LogP contribution in [-0.2, 0) is 0 Å². The molecule has 0 fully saturated rings. The van der Waals surface area contributed by atoms with E-state index in [1.165, 1.54) is 0 Å². The van der Waals surface area contributed by atoms with Gasteiger partial charge in [0.15, 0.2) is 17.2 Å². The summed E-state index contributed by atoms with van der Waals surface area (Å²) in [6, 6.07) is 12.0. The van der Waals surface area contributed by atoms with Gasteiger partial charge in [-0.05, 0) is 53.5 Å². The first-order valence-corrected chi connectivity index (χ1v) is 12.6. The predicted molar refractivity (Wildman–Crippen MR) is 117 cm³/mol. The Morgan fingerprint density at radius 2 is 1.46 bits per heavy atom. The van der Waals surface area contributed by atoms with Crippen LogP contribution in [0.15, 0.2) is 36.4 Å². The van der Waals surface area contributed by atoms with Crippen LogP contribution in [0.5, 0.6) is 23.0 Å². The first-order chi connectivity index (χ1) is 13.2. The molecule has 28 heavy (non-hydrogen) atoms. The number of methoxy groups -OCH3 is 1. The fourth-order valence-electron chi connectivity index (χ4n) is 2.66. The SMILES string of the molecule is COc1ccc(/C=C/c2ccc3c(c2)OCCO3)cc1O[Si](C)(C)C(C)(C)C. The largest absolute Gasteiger partial charge is 0.541 e. The Kier molecular flexibility index (Phi) is 5.75. The van der Waals surface area contributed by atoms with E-state index in [0.29, 0.717) is 13.2 Å². The van der Waals surface area contributed by atoms with Crippen LogP contribution in [0.1, 0.15) is 31.9 Å². The molecule has 0 spiro atoms. The van der Waals surface area contributed by atoms with Gasteiger partial charge in [0.1, 0.15) is 19.0 Å². The van der Waals surface area contributed by atoms with Crippen LogP contribution < -0.4 is 18.6 Å². The van der Waals surface area contributed by atoms with Gasteiger partial charge in [-0.15, -0.1) is 0 Å². The molecule has 4 nitrogen and oxygen atoms in total. The molecule has 0 saturated heterocycles. The Morgan fingerprint density at radius 1 is 0.857 bits per heavy atom. The van der Waals surface area contributed by atoms with Crippen molar-refractivity contribution in [3.05, 3.63) is 47.5 Å². The van der Waals surface area contributed by atoms with Crippen molar-refractivity contribution in [3.8, 4) is 23.0 Å². The van der Waals surface area contributed by atoms with Crippen molar-refractivity contribution in [2.45, 2.75) is 38.9 Å². The molecule has 0 atom stereocenters. The van der Waals surface area contributed by atoms with E-state index < -0.39 is 8.32 Å². The normalized spacial score (nSPS) is 14.2. The molecule has 150 valence electrons. The van der Waals surface area contributed by atoms with Gasteiger partial charge in [-0.1, -0.05) is 45.1 Å². The second-order valence-corrected chi connectivity index (χ2v) is 13.2. The maximum atomic E-state index is 6.50. The van der Waals surface area contributed by atoms with Gasteiger partial charge < -0.3 is 18.6 Å². The zero-order chi connectivity index (χ0) is 20.4. The Labute approximate surface area is 169 Å². The van der Waals surface area contributed by atoms with Crippen molar-refractivity contribution in [3.63, 3.8) is 0 Å². The van der Waals surface area contributed by atoms with Crippen molar-refractivity contribution in [2.24, 2.45) is 0 Å². The fraction of sp³-hybridized carbons (Fsp3) is 0.391. The molecule has 0 N–H and O–H groups in total. The van der Waals surface area contributed by atoms with E-state index in [-0.39, 0.29) is 5.04 Å². The molecule has 0 aromatic heterocycles. The number of fused-ring (bicyclic) bond motifs is 1. The van der Waals surface area contributed by atoms with E-state index in [1.807, 2.05) is 36.4 Å². The summed E-state index contributed by atoms with van der Waals surface area (Å²) < 4.78 is 23.3. The van der Waals surface area contributed by atoms with Crippen LogP contribution in [0, 0.1) is 0 Å². The maximum Gasteiger partial charge on any atom is 0.250 e. The Morgan fingerprint density at radius 3 is 2.11 bits per heavy atom. The summed E-state index contributed by atoms with van der Waals surface area (Å²) >= 11 is 0. The van der Waals surface area contributed by atoms with Crippen molar-refractivity contribution in [1.82, 2.24) is 0 Å². The number of hydrogen-bond acceptors (Lipinski definition) is 4. The molecule has 0 saturated carbocycles. The number of benzene rings is 2. The number of ether oxygens (including phenoxy) is 3. The molecule has 5 heteroatoms. The molecule has 0 unspecified atom stereocenters. The Hall–Kier alpha value is -2.40. The third-order valence-electron chi connectivity index (χ3n) is 5.39. The molecule has 3 rings (SSSR count). The summed E-state index contributed by atoms with van der Waals surface area (Å²) in [6.07, 6.45) is 4.14. The van der Waals surface area contributed by atoms with Crippen LogP contribution in [0.3, 0.4) is 0 Å². The van der Waals surface area contributed by atoms with Crippen LogP contribution in [0.4, 0.5) is 0 Å². The lowest BCUT2D eigenvalue weighted by atomic mass is 10.1. The third kappa shape index (κ3) is 4.53. The second-order valence-electron chi connectivity index (χ2n) is 8.51. The summed E-state index contributed by atoms with van der Waals surface area (Å²) in [5.41, 5.74) is 2.12. The molecule has 0 aliphatic carbocycles. The molecule has 1 aliphatic heterocycles. The quantitative estimate of drug-likeness (QED) is 0.456. The zero-order valence-corrected chi connectivity index (χ0v) is 18.7. The summed E-state index contributed by atoms with van der Waals surface area (Å²) in [6.45, 7) is 12.4. The minimum atomic E-state index is -1.95. The third-order valence-corrected chi connectivity index (χ3v) is 9.74. The molecule has 1 heterocycles. The summed E-state index contributed by atoms with van der Waals surface area (Å²) in [4.78, 5) is 0. The average molecular weight is 399 g/mol. The van der Waals surface area contributed by atoms with E-state index in [9.17, 15) is 0 Å². The van der Waals surface area contributed by atoms with Gasteiger partial charge in [-0.3, -0.25) is 0 Å². The van der Waals surface area contributed by atoms with Crippen molar-refractivity contribution in [1.29, 1.82) is 0 Å². The van der Waals surface area contributed by atoms with E-state index in [4.69, 9.17) is 18.6 Å². The van der Waals surface area contributed by atoms with Gasteiger partial charge in [0.05, 0.1) is 7.11 Å². The van der Waals surface area contributed by atoms with Gasteiger partial charge in [0, 0.05) is 0 Å². The second kappa shape index (κ2) is 7.92. The maximum absolute atomic E-state index is 6.50. The van der Waals surface area contributed by atoms with Crippen LogP contribution >= 0.6 is 0 Å². The van der Waals surface area contributed by atoms with Gasteiger partial charge in [-0.2, -0.15) is 0 Å². The first-order valence-electron chi connectivity index (χ1n) is 9.64. The van der Waals surface area contributed by atoms with Crippen LogP contribution in [0.25, 0.3) is 12.2 Å². The highest BCUT2D eigenvalue weighted by Crippen LogP contribution is 2.40. The lowest BCUT2D eigenvalue weighted by Crippen LogP contribution is -2.43. The lowest BCUT2D eigenvalue weighted by Gasteiger charge is -2.36. The minimum Gasteiger partial charge on any atom is -0.541 e. The number of hydrogen-bond donors (Lipinski definition) is 0. The molecule has 2 aromatic carbocycles. The predicted octanol–water partition coefficient (Wildman–Crippen LogP) is 6.02. The Balaban J connectivity index is 1.84. The van der Waals surface area contributed by atoms with Gasteiger partial charge in [-0.25, -0.2) is 0 Å². The molecule has 1 aliphatic rings. The van der Waals surface area contributed by atoms with Gasteiger partial charge in [0.25, 0.3) is 8.32 Å². The van der Waals surface area contributed by atoms with Gasteiger partial charge >= 0.3 is 0 Å². The summed E-state index contributed by atoms with van der Waals surface area (Å²) in [5.74, 6) is 3.17. The van der Waals surface area contributed by atoms with E-state index in [2.05, 4.69) is 46.0 Å². The minimum absolute atomic E-state index is 0.120. The molecule has 2 aromatic rings. The number of rotatable bonds is 5. The standard InChI is InChI=1S/C23H30O4Si/c1-23(2,3)28(5,6)27-22-16-18(9-11-19(22)24-4)8-7-17-10-12-20-21(15-17)26-14-13-25-20/h7-12,15-16H,13-14H2,1-6H3/b8-7+. The van der Waals surface area contributed by atoms with Gasteiger partial charge in [0.2, 0.25) is 0 Å². The van der Waals surface area contributed by atoms with Crippen molar-refractivity contribution >= 4 is 20.5 Å². The van der Waals surface area contributed by atoms with Crippen LogP contribution in [0.2, 0.25) is 18.1 Å². The van der Waals surface area contributed by atoms with E-state index >= 15 is 0 Å². The smallest absolute Gasteiger partial charge is 0.250 e. The highest BCUT2D eigenvalue weighted by Gasteiger charge is 2.39. The molecule has 0 bridgehead atoms. The van der Waals surface area contributed by atoms with E-state index in [0.717, 1.165) is 34.1 Å². The monoisotopic (exact) mass is 398 g/mol. The topological polar surface area (TPSA) is 36.9 Å². The molecule has 0 amide bonds. The average Bonchev–Trinajstić information content (AvgIpc) is 2.65. The summed E-state index contributed by atoms with van der Waals surface area (Å²) in [5, 5.41) is 0.120. The summed E-state index contributed by atoms with van der Waals surface area (Å²) in [7, 11) is -0.275. The Bertz CT molecular complexity index is 865. The first kappa shape index (κ1) is 20.3. The zero-order valence-electron chi connectivity index (χ0n) is 17.7.